The van der Waals surface area contributed by atoms with Crippen molar-refractivity contribution < 1.29 is 26.4 Å². The number of anilines is 2. The van der Waals surface area contributed by atoms with Crippen LogP contribution in [0.2, 0.25) is 5.02 Å². The molecule has 0 fully saturated rings. The highest BCUT2D eigenvalue weighted by atomic mass is 35.5. The van der Waals surface area contributed by atoms with Crippen LogP contribution in [0.4, 0.5) is 24.5 Å². The summed E-state index contributed by atoms with van der Waals surface area (Å²) in [6.45, 7) is 3.02. The molecule has 0 heterocycles. The van der Waals surface area contributed by atoms with E-state index < -0.39 is 39.2 Å². The van der Waals surface area contributed by atoms with Crippen LogP contribution in [0.15, 0.2) is 71.6 Å². The van der Waals surface area contributed by atoms with Crippen molar-refractivity contribution in [1.82, 2.24) is 0 Å². The largest absolute Gasteiger partial charge is 0.417 e. The average Bonchev–Trinajstić information content (AvgIpc) is 2.78. The van der Waals surface area contributed by atoms with E-state index in [0.29, 0.717) is 23.7 Å². The fourth-order valence-corrected chi connectivity index (χ4v) is 5.02. The molecule has 0 radical (unpaired) electrons. The van der Waals surface area contributed by atoms with Crippen molar-refractivity contribution in [3.8, 4) is 0 Å². The summed E-state index contributed by atoms with van der Waals surface area (Å²) in [5, 5.41) is 1.84. The van der Waals surface area contributed by atoms with Crippen molar-refractivity contribution in [2.75, 3.05) is 16.2 Å². The Hall–Kier alpha value is -3.04. The fraction of sp³-hybridized carbons (Fsp3) is 0.208. The van der Waals surface area contributed by atoms with Crippen LogP contribution in [-0.2, 0) is 27.4 Å². The topological polar surface area (TPSA) is 66.5 Å². The Bertz CT molecular complexity index is 1290. The van der Waals surface area contributed by atoms with Crippen LogP contribution in [0.3, 0.4) is 0 Å². The summed E-state index contributed by atoms with van der Waals surface area (Å²) >= 11 is 5.63. The summed E-state index contributed by atoms with van der Waals surface area (Å²) in [6, 6.07) is 15.9. The second kappa shape index (κ2) is 10.1. The third kappa shape index (κ3) is 5.71. The summed E-state index contributed by atoms with van der Waals surface area (Å²) in [7, 11) is -4.16. The van der Waals surface area contributed by atoms with Gasteiger partial charge in [-0.3, -0.25) is 9.10 Å². The van der Waals surface area contributed by atoms with E-state index in [9.17, 15) is 26.4 Å². The Morgan fingerprint density at radius 1 is 1.03 bits per heavy atom. The Balaban J connectivity index is 1.98. The van der Waals surface area contributed by atoms with E-state index in [-0.39, 0.29) is 10.6 Å². The van der Waals surface area contributed by atoms with E-state index in [1.54, 1.807) is 36.4 Å². The van der Waals surface area contributed by atoms with E-state index in [1.165, 1.54) is 18.2 Å². The number of rotatable bonds is 7. The number of hydrogen-bond donors (Lipinski definition) is 1. The number of nitrogens with zero attached hydrogens (tertiary/aromatic N) is 1. The summed E-state index contributed by atoms with van der Waals surface area (Å²) in [5.74, 6) is -0.808. The molecule has 0 aromatic heterocycles. The van der Waals surface area contributed by atoms with Crippen molar-refractivity contribution in [2.24, 2.45) is 0 Å². The van der Waals surface area contributed by atoms with Crippen LogP contribution in [-0.4, -0.2) is 20.9 Å². The first-order valence-electron chi connectivity index (χ1n) is 10.3. The van der Waals surface area contributed by atoms with Gasteiger partial charge in [0.15, 0.2) is 0 Å². The summed E-state index contributed by atoms with van der Waals surface area (Å²) < 4.78 is 67.5. The molecular formula is C24H22ClF3N2O3S. The molecule has 0 aliphatic carbocycles. The SMILES string of the molecule is CCc1ccccc1N(CC(=O)Nc1ccc(Cl)c(C(F)(F)F)c1)S(=O)(=O)c1ccc(C)cc1. The molecule has 0 spiro atoms. The number of para-hydroxylation sites is 1. The maximum atomic E-state index is 13.5. The van der Waals surface area contributed by atoms with Gasteiger partial charge in [-0.2, -0.15) is 13.2 Å². The highest BCUT2D eigenvalue weighted by Gasteiger charge is 2.34. The van der Waals surface area contributed by atoms with Crippen molar-refractivity contribution in [1.29, 1.82) is 0 Å². The molecule has 180 valence electrons. The lowest BCUT2D eigenvalue weighted by Gasteiger charge is -2.26. The first kappa shape index (κ1) is 25.6. The lowest BCUT2D eigenvalue weighted by Crippen LogP contribution is -2.38. The van der Waals surface area contributed by atoms with Crippen molar-refractivity contribution in [2.45, 2.75) is 31.3 Å². The minimum absolute atomic E-state index is 0.0114. The van der Waals surface area contributed by atoms with Crippen molar-refractivity contribution >= 4 is 38.9 Å². The maximum absolute atomic E-state index is 13.5. The Kier molecular flexibility index (Phi) is 7.57. The fourth-order valence-electron chi connectivity index (χ4n) is 3.34. The molecule has 0 bridgehead atoms. The van der Waals surface area contributed by atoms with Gasteiger partial charge in [0.2, 0.25) is 5.91 Å². The zero-order valence-electron chi connectivity index (χ0n) is 18.4. The van der Waals surface area contributed by atoms with E-state index >= 15 is 0 Å². The Morgan fingerprint density at radius 2 is 1.68 bits per heavy atom. The second-order valence-electron chi connectivity index (χ2n) is 7.55. The second-order valence-corrected chi connectivity index (χ2v) is 9.82. The lowest BCUT2D eigenvalue weighted by atomic mass is 10.1. The number of sulfonamides is 1. The molecule has 10 heteroatoms. The third-order valence-corrected chi connectivity index (χ3v) is 7.20. The van der Waals surface area contributed by atoms with Gasteiger partial charge in [-0.05, 0) is 55.3 Å². The molecule has 1 N–H and O–H groups in total. The molecule has 0 unspecified atom stereocenters. The van der Waals surface area contributed by atoms with Gasteiger partial charge in [0, 0.05) is 5.69 Å². The molecule has 34 heavy (non-hydrogen) atoms. The molecule has 0 atom stereocenters. The van der Waals surface area contributed by atoms with Crippen LogP contribution in [0.25, 0.3) is 0 Å². The van der Waals surface area contributed by atoms with Gasteiger partial charge in [-0.15, -0.1) is 0 Å². The maximum Gasteiger partial charge on any atom is 0.417 e. The molecule has 5 nitrogen and oxygen atoms in total. The van der Waals surface area contributed by atoms with Crippen LogP contribution in [0.1, 0.15) is 23.6 Å². The molecular weight excluding hydrogens is 489 g/mol. The smallest absolute Gasteiger partial charge is 0.324 e. The molecule has 3 rings (SSSR count). The molecule has 0 saturated carbocycles. The number of aryl methyl sites for hydroxylation is 2. The summed E-state index contributed by atoms with van der Waals surface area (Å²) in [4.78, 5) is 12.8. The van der Waals surface area contributed by atoms with Crippen LogP contribution >= 0.6 is 11.6 Å². The van der Waals surface area contributed by atoms with Crippen molar-refractivity contribution in [3.63, 3.8) is 0 Å². The van der Waals surface area contributed by atoms with Gasteiger partial charge in [-0.1, -0.05) is 54.4 Å². The molecule has 3 aromatic rings. The van der Waals surface area contributed by atoms with E-state index in [2.05, 4.69) is 5.32 Å². The number of amides is 1. The zero-order valence-corrected chi connectivity index (χ0v) is 19.9. The molecule has 0 aliphatic rings. The minimum atomic E-state index is -4.71. The van der Waals surface area contributed by atoms with E-state index in [1.807, 2.05) is 13.8 Å². The first-order chi connectivity index (χ1) is 15.9. The number of carbonyl (C=O) groups is 1. The number of benzene rings is 3. The van der Waals surface area contributed by atoms with Gasteiger partial charge in [0.05, 0.1) is 21.2 Å². The predicted octanol–water partition coefficient (Wildman–Crippen LogP) is 6.06. The highest BCUT2D eigenvalue weighted by molar-refractivity contribution is 7.92. The van der Waals surface area contributed by atoms with Gasteiger partial charge >= 0.3 is 6.18 Å². The number of halogens is 4. The molecule has 0 saturated heterocycles. The van der Waals surface area contributed by atoms with E-state index in [4.69, 9.17) is 11.6 Å². The van der Waals surface area contributed by atoms with Gasteiger partial charge in [-0.25, -0.2) is 8.42 Å². The standard InChI is InChI=1S/C24H22ClF3N2O3S/c1-3-17-6-4-5-7-22(17)30(34(32,33)19-11-8-16(2)9-12-19)15-23(31)29-18-10-13-21(25)20(14-18)24(26,27)28/h4-14H,3,15H2,1-2H3,(H,29,31). The molecule has 3 aromatic carbocycles. The zero-order chi connectivity index (χ0) is 25.1. The van der Waals surface area contributed by atoms with Crippen molar-refractivity contribution in [3.05, 3.63) is 88.4 Å². The van der Waals surface area contributed by atoms with Crippen LogP contribution in [0, 0.1) is 6.92 Å². The third-order valence-electron chi connectivity index (χ3n) is 5.09. The Labute approximate surface area is 201 Å². The first-order valence-corrected chi connectivity index (χ1v) is 12.1. The predicted molar refractivity (Wildman–Crippen MR) is 127 cm³/mol. The number of hydrogen-bond acceptors (Lipinski definition) is 3. The average molecular weight is 511 g/mol. The van der Waals surface area contributed by atoms with Gasteiger partial charge < -0.3 is 5.32 Å². The summed E-state index contributed by atoms with van der Waals surface area (Å²) in [5.41, 5.74) is 0.607. The van der Waals surface area contributed by atoms with Gasteiger partial charge in [0.1, 0.15) is 6.54 Å². The van der Waals surface area contributed by atoms with Crippen LogP contribution < -0.4 is 9.62 Å². The molecule has 0 aliphatic heterocycles. The lowest BCUT2D eigenvalue weighted by molar-refractivity contribution is -0.137. The van der Waals surface area contributed by atoms with Crippen LogP contribution in [0.5, 0.6) is 0 Å². The monoisotopic (exact) mass is 510 g/mol. The quantitative estimate of drug-likeness (QED) is 0.420. The number of alkyl halides is 3. The van der Waals surface area contributed by atoms with E-state index in [0.717, 1.165) is 15.9 Å². The Morgan fingerprint density at radius 3 is 2.29 bits per heavy atom. The summed E-state index contributed by atoms with van der Waals surface area (Å²) in [6.07, 6.45) is -4.21. The highest BCUT2D eigenvalue weighted by Crippen LogP contribution is 2.36. The normalized spacial score (nSPS) is 11.8. The minimum Gasteiger partial charge on any atom is -0.324 e. The van der Waals surface area contributed by atoms with Gasteiger partial charge in [0.25, 0.3) is 10.0 Å². The number of carbonyl (C=O) groups excluding carboxylic acids is 1. The molecule has 1 amide bonds. The number of nitrogens with one attached hydrogen (secondary N) is 1.